The fourth-order valence-electron chi connectivity index (χ4n) is 2.12. The molecule has 1 atom stereocenters. The van der Waals surface area contributed by atoms with E-state index in [9.17, 15) is 5.11 Å². The van der Waals surface area contributed by atoms with E-state index < -0.39 is 18.0 Å². The van der Waals surface area contributed by atoms with Gasteiger partial charge in [-0.2, -0.15) is 0 Å². The Bertz CT molecular complexity index is 545. The van der Waals surface area contributed by atoms with E-state index in [4.69, 9.17) is 38.7 Å². The van der Waals surface area contributed by atoms with Gasteiger partial charge in [-0.3, -0.25) is 4.90 Å². The van der Waals surface area contributed by atoms with Gasteiger partial charge < -0.3 is 34.3 Å². The summed E-state index contributed by atoms with van der Waals surface area (Å²) in [6, 6.07) is 7.70. The van der Waals surface area contributed by atoms with Crippen LogP contribution < -0.4 is 4.74 Å². The third-order valence-electron chi connectivity index (χ3n) is 3.61. The number of methoxy groups -OCH3 is 3. The van der Waals surface area contributed by atoms with Gasteiger partial charge in [0.05, 0.1) is 39.6 Å². The predicted octanol–water partition coefficient (Wildman–Crippen LogP) is 0.323. The Hall–Kier alpha value is -2.24. The number of ether oxygens (including phenoxy) is 4. The molecule has 0 spiro atoms. The van der Waals surface area contributed by atoms with Gasteiger partial charge in [0.15, 0.2) is 0 Å². The summed E-state index contributed by atoms with van der Waals surface area (Å²) in [5.74, 6) is -2.83. The summed E-state index contributed by atoms with van der Waals surface area (Å²) in [6.07, 6.45) is -0.540. The maximum Gasteiger partial charge on any atom is 0.414 e. The smallest absolute Gasteiger partial charge is 0.414 e. The number of aliphatic hydroxyl groups excluding tert-OH is 1. The summed E-state index contributed by atoms with van der Waals surface area (Å²) in [5, 5.41) is 24.9. The van der Waals surface area contributed by atoms with E-state index in [-0.39, 0.29) is 0 Å². The van der Waals surface area contributed by atoms with Crippen LogP contribution in [0.1, 0.15) is 5.56 Å². The predicted molar refractivity (Wildman–Crippen MR) is 104 cm³/mol. The van der Waals surface area contributed by atoms with Gasteiger partial charge in [0.2, 0.25) is 0 Å². The van der Waals surface area contributed by atoms with Crippen LogP contribution in [-0.4, -0.2) is 99.0 Å². The van der Waals surface area contributed by atoms with Gasteiger partial charge in [0, 0.05) is 33.9 Å². The number of aliphatic hydroxyl groups is 1. The Morgan fingerprint density at radius 2 is 1.48 bits per heavy atom. The molecule has 10 heteroatoms. The van der Waals surface area contributed by atoms with Crippen LogP contribution in [0.2, 0.25) is 0 Å². The molecular weight excluding hydrogens is 386 g/mol. The lowest BCUT2D eigenvalue weighted by atomic mass is 10.2. The fraction of sp³-hybridized carbons (Fsp3) is 0.579. The molecule has 0 radical (unpaired) electrons. The maximum atomic E-state index is 10.1. The van der Waals surface area contributed by atoms with Crippen molar-refractivity contribution in [3.63, 3.8) is 0 Å². The van der Waals surface area contributed by atoms with Gasteiger partial charge >= 0.3 is 11.9 Å². The molecule has 0 aliphatic heterocycles. The number of rotatable bonds is 13. The van der Waals surface area contributed by atoms with Gasteiger partial charge in [0.1, 0.15) is 5.75 Å². The molecule has 0 aromatic heterocycles. The van der Waals surface area contributed by atoms with Crippen molar-refractivity contribution in [2.75, 3.05) is 60.8 Å². The first-order valence-electron chi connectivity index (χ1n) is 8.89. The molecule has 1 rings (SSSR count). The minimum Gasteiger partial charge on any atom is -0.497 e. The molecule has 0 amide bonds. The van der Waals surface area contributed by atoms with Crippen LogP contribution in [-0.2, 0) is 30.4 Å². The molecule has 0 bridgehead atoms. The van der Waals surface area contributed by atoms with Gasteiger partial charge in [-0.25, -0.2) is 9.59 Å². The largest absolute Gasteiger partial charge is 0.497 e. The first kappa shape index (κ1) is 26.8. The topological polar surface area (TPSA) is 135 Å². The molecule has 29 heavy (non-hydrogen) atoms. The van der Waals surface area contributed by atoms with Crippen molar-refractivity contribution < 1.29 is 43.9 Å². The number of aliphatic carboxylic acids is 2. The van der Waals surface area contributed by atoms with Gasteiger partial charge in [-0.05, 0) is 17.7 Å². The lowest BCUT2D eigenvalue weighted by Gasteiger charge is -2.24. The van der Waals surface area contributed by atoms with E-state index in [2.05, 4.69) is 4.90 Å². The second kappa shape index (κ2) is 16.7. The van der Waals surface area contributed by atoms with Gasteiger partial charge in [-0.15, -0.1) is 0 Å². The maximum absolute atomic E-state index is 10.1. The van der Waals surface area contributed by atoms with Crippen molar-refractivity contribution in [1.82, 2.24) is 4.90 Å². The lowest BCUT2D eigenvalue weighted by Crippen LogP contribution is -2.38. The second-order valence-electron chi connectivity index (χ2n) is 5.91. The monoisotopic (exact) mass is 417 g/mol. The highest BCUT2D eigenvalue weighted by Gasteiger charge is 2.12. The highest BCUT2D eigenvalue weighted by atomic mass is 16.5. The number of hydrogen-bond acceptors (Lipinski definition) is 8. The average molecular weight is 417 g/mol. The van der Waals surface area contributed by atoms with E-state index in [1.807, 2.05) is 24.3 Å². The summed E-state index contributed by atoms with van der Waals surface area (Å²) < 4.78 is 20.9. The van der Waals surface area contributed by atoms with E-state index in [0.717, 1.165) is 24.4 Å². The summed E-state index contributed by atoms with van der Waals surface area (Å²) in [4.78, 5) is 20.3. The SMILES string of the molecule is COCCN(CCOC)CC(O)COCc1ccc(OC)cc1.O=C(O)C(=O)O. The molecular formula is C19H31NO9. The van der Waals surface area contributed by atoms with Crippen LogP contribution in [0.15, 0.2) is 24.3 Å². The molecule has 1 aromatic rings. The van der Waals surface area contributed by atoms with Crippen molar-refractivity contribution in [1.29, 1.82) is 0 Å². The molecule has 3 N–H and O–H groups in total. The van der Waals surface area contributed by atoms with Crippen LogP contribution in [0.25, 0.3) is 0 Å². The Morgan fingerprint density at radius 1 is 0.966 bits per heavy atom. The van der Waals surface area contributed by atoms with E-state index in [1.165, 1.54) is 0 Å². The zero-order chi connectivity index (χ0) is 22.1. The highest BCUT2D eigenvalue weighted by Crippen LogP contribution is 2.12. The third-order valence-corrected chi connectivity index (χ3v) is 3.61. The van der Waals surface area contributed by atoms with Crippen LogP contribution >= 0.6 is 0 Å². The van der Waals surface area contributed by atoms with Crippen molar-refractivity contribution >= 4 is 11.9 Å². The molecule has 1 unspecified atom stereocenters. The number of hydrogen-bond donors (Lipinski definition) is 3. The quantitative estimate of drug-likeness (QED) is 0.385. The molecule has 166 valence electrons. The van der Waals surface area contributed by atoms with Gasteiger partial charge in [0.25, 0.3) is 0 Å². The first-order valence-corrected chi connectivity index (χ1v) is 8.89. The minimum absolute atomic E-state index is 0.294. The van der Waals surface area contributed by atoms with Crippen molar-refractivity contribution in [3.05, 3.63) is 29.8 Å². The summed E-state index contributed by atoms with van der Waals surface area (Å²) in [7, 11) is 4.98. The van der Waals surface area contributed by atoms with Crippen LogP contribution in [0, 0.1) is 0 Å². The minimum atomic E-state index is -1.82. The molecule has 0 saturated heterocycles. The van der Waals surface area contributed by atoms with Crippen molar-refractivity contribution in [2.45, 2.75) is 12.7 Å². The lowest BCUT2D eigenvalue weighted by molar-refractivity contribution is -0.159. The number of carboxylic acids is 2. The molecule has 0 heterocycles. The highest BCUT2D eigenvalue weighted by molar-refractivity contribution is 6.27. The van der Waals surface area contributed by atoms with Crippen LogP contribution in [0.3, 0.4) is 0 Å². The van der Waals surface area contributed by atoms with E-state index in [1.54, 1.807) is 21.3 Å². The Kier molecular flexibility index (Phi) is 15.4. The van der Waals surface area contributed by atoms with E-state index in [0.29, 0.717) is 33.0 Å². The van der Waals surface area contributed by atoms with Crippen molar-refractivity contribution in [3.8, 4) is 5.75 Å². The van der Waals surface area contributed by atoms with Gasteiger partial charge in [-0.1, -0.05) is 12.1 Å². The summed E-state index contributed by atoms with van der Waals surface area (Å²) in [6.45, 7) is 4.08. The summed E-state index contributed by atoms with van der Waals surface area (Å²) >= 11 is 0. The molecule has 0 fully saturated rings. The van der Waals surface area contributed by atoms with Crippen molar-refractivity contribution in [2.24, 2.45) is 0 Å². The molecule has 1 aromatic carbocycles. The average Bonchev–Trinajstić information content (AvgIpc) is 2.70. The standard InChI is InChI=1S/C17H29NO5.C2H2O4/c1-20-10-8-18(9-11-21-2)12-16(19)14-23-13-15-4-6-17(22-3)7-5-15;3-1(4)2(5)6/h4-7,16,19H,8-14H2,1-3H3;(H,3,4)(H,5,6). The Morgan fingerprint density at radius 3 is 1.90 bits per heavy atom. The van der Waals surface area contributed by atoms with Crippen LogP contribution in [0.5, 0.6) is 5.75 Å². The summed E-state index contributed by atoms with van der Waals surface area (Å²) in [5.41, 5.74) is 1.05. The van der Waals surface area contributed by atoms with Crippen LogP contribution in [0.4, 0.5) is 0 Å². The zero-order valence-electron chi connectivity index (χ0n) is 17.1. The zero-order valence-corrected chi connectivity index (χ0v) is 17.1. The number of carbonyl (C=O) groups is 2. The Labute approximate surface area is 170 Å². The number of benzene rings is 1. The molecule has 0 aliphatic carbocycles. The first-order chi connectivity index (χ1) is 13.8. The third kappa shape index (κ3) is 14.4. The second-order valence-corrected chi connectivity index (χ2v) is 5.91. The fourth-order valence-corrected chi connectivity index (χ4v) is 2.12. The van der Waals surface area contributed by atoms with E-state index >= 15 is 0 Å². The normalized spacial score (nSPS) is 11.5. The molecule has 0 aliphatic rings. The Balaban J connectivity index is 0.00000113. The molecule has 0 saturated carbocycles. The molecule has 10 nitrogen and oxygen atoms in total. The number of nitrogens with zero attached hydrogens (tertiary/aromatic N) is 1. The number of carboxylic acid groups (broad SMARTS) is 2.